The Morgan fingerprint density at radius 1 is 1.40 bits per heavy atom. The first-order valence-corrected chi connectivity index (χ1v) is 6.54. The van der Waals surface area contributed by atoms with Crippen LogP contribution in [0, 0.1) is 0 Å². The van der Waals surface area contributed by atoms with Gasteiger partial charge in [0.2, 0.25) is 0 Å². The SMILES string of the molecule is NC1(C(F)F)CCCN(C(=O)OCc2ccccc2)C1. The van der Waals surface area contributed by atoms with E-state index in [1.54, 1.807) is 0 Å². The lowest BCUT2D eigenvalue weighted by molar-refractivity contribution is 0.00152. The fourth-order valence-corrected chi connectivity index (χ4v) is 2.26. The van der Waals surface area contributed by atoms with Gasteiger partial charge in [-0.1, -0.05) is 30.3 Å². The van der Waals surface area contributed by atoms with Crippen LogP contribution in [0.15, 0.2) is 30.3 Å². The van der Waals surface area contributed by atoms with Crippen LogP contribution in [0.2, 0.25) is 0 Å². The average molecular weight is 284 g/mol. The summed E-state index contributed by atoms with van der Waals surface area (Å²) in [5.74, 6) is 0. The monoisotopic (exact) mass is 284 g/mol. The summed E-state index contributed by atoms with van der Waals surface area (Å²) in [6.07, 6.45) is -2.56. The predicted octanol–water partition coefficient (Wildman–Crippen LogP) is 2.38. The zero-order chi connectivity index (χ0) is 14.6. The van der Waals surface area contributed by atoms with Crippen LogP contribution >= 0.6 is 0 Å². The van der Waals surface area contributed by atoms with Crippen LogP contribution in [0.3, 0.4) is 0 Å². The first kappa shape index (κ1) is 14.7. The molecule has 1 aliphatic heterocycles. The predicted molar refractivity (Wildman–Crippen MR) is 70.4 cm³/mol. The average Bonchev–Trinajstić information content (AvgIpc) is 2.46. The summed E-state index contributed by atoms with van der Waals surface area (Å²) < 4.78 is 30.9. The van der Waals surface area contributed by atoms with E-state index in [-0.39, 0.29) is 19.6 Å². The van der Waals surface area contributed by atoms with Gasteiger partial charge in [-0.3, -0.25) is 0 Å². The van der Waals surface area contributed by atoms with Gasteiger partial charge in [-0.2, -0.15) is 0 Å². The summed E-state index contributed by atoms with van der Waals surface area (Å²) in [6.45, 7) is 0.361. The first-order chi connectivity index (χ1) is 9.51. The number of nitrogens with two attached hydrogens (primary N) is 1. The van der Waals surface area contributed by atoms with Gasteiger partial charge in [-0.25, -0.2) is 13.6 Å². The first-order valence-electron chi connectivity index (χ1n) is 6.54. The van der Waals surface area contributed by atoms with Crippen LogP contribution in [0.4, 0.5) is 13.6 Å². The van der Waals surface area contributed by atoms with E-state index < -0.39 is 18.1 Å². The number of piperidine rings is 1. The summed E-state index contributed by atoms with van der Waals surface area (Å²) in [5.41, 5.74) is 4.87. The lowest BCUT2D eigenvalue weighted by atomic mass is 9.91. The highest BCUT2D eigenvalue weighted by Gasteiger charge is 2.41. The molecule has 0 spiro atoms. The normalized spacial score (nSPS) is 22.9. The Morgan fingerprint density at radius 2 is 2.10 bits per heavy atom. The maximum absolute atomic E-state index is 12.9. The van der Waals surface area contributed by atoms with E-state index in [1.807, 2.05) is 30.3 Å². The number of halogens is 2. The Bertz CT molecular complexity index is 456. The zero-order valence-electron chi connectivity index (χ0n) is 11.1. The van der Waals surface area contributed by atoms with Gasteiger partial charge in [0, 0.05) is 13.1 Å². The minimum atomic E-state index is -2.65. The topological polar surface area (TPSA) is 55.6 Å². The molecule has 1 aliphatic rings. The molecule has 4 nitrogen and oxygen atoms in total. The maximum Gasteiger partial charge on any atom is 0.410 e. The Balaban J connectivity index is 1.89. The molecule has 2 rings (SSSR count). The fraction of sp³-hybridized carbons (Fsp3) is 0.500. The highest BCUT2D eigenvalue weighted by Crippen LogP contribution is 2.25. The molecule has 0 bridgehead atoms. The molecule has 1 fully saturated rings. The Morgan fingerprint density at radius 3 is 2.75 bits per heavy atom. The lowest BCUT2D eigenvalue weighted by Crippen LogP contribution is -2.59. The Labute approximate surface area is 116 Å². The van der Waals surface area contributed by atoms with Crippen LogP contribution in [-0.2, 0) is 11.3 Å². The maximum atomic E-state index is 12.9. The summed E-state index contributed by atoms with van der Waals surface area (Å²) in [7, 11) is 0. The molecule has 110 valence electrons. The van der Waals surface area contributed by atoms with Gasteiger partial charge in [0.15, 0.2) is 0 Å². The van der Waals surface area contributed by atoms with E-state index in [0.717, 1.165) is 5.56 Å². The molecular formula is C14H18F2N2O2. The minimum Gasteiger partial charge on any atom is -0.445 e. The van der Waals surface area contributed by atoms with E-state index in [0.29, 0.717) is 13.0 Å². The smallest absolute Gasteiger partial charge is 0.410 e. The van der Waals surface area contributed by atoms with Crippen molar-refractivity contribution in [2.75, 3.05) is 13.1 Å². The second-order valence-corrected chi connectivity index (χ2v) is 5.10. The quantitative estimate of drug-likeness (QED) is 0.927. The third kappa shape index (κ3) is 3.45. The molecule has 6 heteroatoms. The second kappa shape index (κ2) is 6.17. The molecule has 1 atom stereocenters. The zero-order valence-corrected chi connectivity index (χ0v) is 11.1. The number of likely N-dealkylation sites (tertiary alicyclic amines) is 1. The number of amides is 1. The molecule has 0 aliphatic carbocycles. The molecule has 1 saturated heterocycles. The Kier molecular flexibility index (Phi) is 4.54. The van der Waals surface area contributed by atoms with Crippen molar-refractivity contribution < 1.29 is 18.3 Å². The van der Waals surface area contributed by atoms with Crippen molar-refractivity contribution >= 4 is 6.09 Å². The molecule has 1 amide bonds. The van der Waals surface area contributed by atoms with Crippen molar-refractivity contribution in [2.45, 2.75) is 31.4 Å². The molecule has 2 N–H and O–H groups in total. The van der Waals surface area contributed by atoms with E-state index in [1.165, 1.54) is 4.90 Å². The highest BCUT2D eigenvalue weighted by molar-refractivity contribution is 5.68. The van der Waals surface area contributed by atoms with Crippen LogP contribution < -0.4 is 5.73 Å². The van der Waals surface area contributed by atoms with Crippen LogP contribution in [0.1, 0.15) is 18.4 Å². The second-order valence-electron chi connectivity index (χ2n) is 5.10. The molecule has 20 heavy (non-hydrogen) atoms. The number of carbonyl (C=O) groups excluding carboxylic acids is 1. The summed E-state index contributed by atoms with van der Waals surface area (Å²) in [4.78, 5) is 13.1. The van der Waals surface area contributed by atoms with Gasteiger partial charge in [0.25, 0.3) is 6.43 Å². The largest absolute Gasteiger partial charge is 0.445 e. The molecule has 0 aromatic heterocycles. The van der Waals surface area contributed by atoms with E-state index in [2.05, 4.69) is 0 Å². The summed E-state index contributed by atoms with van der Waals surface area (Å²) in [5, 5.41) is 0. The van der Waals surface area contributed by atoms with E-state index in [4.69, 9.17) is 10.5 Å². The number of rotatable bonds is 3. The molecule has 1 aromatic rings. The van der Waals surface area contributed by atoms with Crippen molar-refractivity contribution in [1.82, 2.24) is 4.90 Å². The van der Waals surface area contributed by atoms with Crippen molar-refractivity contribution in [3.8, 4) is 0 Å². The molecule has 1 unspecified atom stereocenters. The highest BCUT2D eigenvalue weighted by atomic mass is 19.3. The van der Waals surface area contributed by atoms with Gasteiger partial charge in [-0.15, -0.1) is 0 Å². The summed E-state index contributed by atoms with van der Waals surface area (Å²) >= 11 is 0. The van der Waals surface area contributed by atoms with Crippen molar-refractivity contribution in [1.29, 1.82) is 0 Å². The third-order valence-corrected chi connectivity index (χ3v) is 3.45. The standard InChI is InChI=1S/C14H18F2N2O2/c15-12(16)14(17)7-4-8-18(10-14)13(19)20-9-11-5-2-1-3-6-11/h1-3,5-6,12H,4,7-10,17H2. The number of carbonyl (C=O) groups is 1. The van der Waals surface area contributed by atoms with Gasteiger partial charge < -0.3 is 15.4 Å². The van der Waals surface area contributed by atoms with E-state index in [9.17, 15) is 13.6 Å². The fourth-order valence-electron chi connectivity index (χ4n) is 2.26. The lowest BCUT2D eigenvalue weighted by Gasteiger charge is -2.38. The number of hydrogen-bond donors (Lipinski definition) is 1. The van der Waals surface area contributed by atoms with Gasteiger partial charge in [0.1, 0.15) is 6.61 Å². The van der Waals surface area contributed by atoms with E-state index >= 15 is 0 Å². The molecule has 0 radical (unpaired) electrons. The summed E-state index contributed by atoms with van der Waals surface area (Å²) in [6, 6.07) is 9.20. The number of alkyl halides is 2. The third-order valence-electron chi connectivity index (χ3n) is 3.45. The number of benzene rings is 1. The van der Waals surface area contributed by atoms with Crippen molar-refractivity contribution in [3.63, 3.8) is 0 Å². The number of ether oxygens (including phenoxy) is 1. The number of hydrogen-bond acceptors (Lipinski definition) is 3. The molecule has 0 saturated carbocycles. The number of nitrogens with zero attached hydrogens (tertiary/aromatic N) is 1. The van der Waals surface area contributed by atoms with Crippen molar-refractivity contribution in [2.24, 2.45) is 5.73 Å². The molecule has 1 aromatic carbocycles. The molecule has 1 heterocycles. The molecular weight excluding hydrogens is 266 g/mol. The Hall–Kier alpha value is -1.69. The minimum absolute atomic E-state index is 0.127. The van der Waals surface area contributed by atoms with Gasteiger partial charge in [0.05, 0.1) is 5.54 Å². The van der Waals surface area contributed by atoms with Crippen LogP contribution in [-0.4, -0.2) is 36.0 Å². The van der Waals surface area contributed by atoms with Crippen molar-refractivity contribution in [3.05, 3.63) is 35.9 Å². The van der Waals surface area contributed by atoms with Gasteiger partial charge >= 0.3 is 6.09 Å². The van der Waals surface area contributed by atoms with Crippen LogP contribution in [0.25, 0.3) is 0 Å². The van der Waals surface area contributed by atoms with Gasteiger partial charge in [-0.05, 0) is 18.4 Å². The van der Waals surface area contributed by atoms with Crippen LogP contribution in [0.5, 0.6) is 0 Å².